The fraction of sp³-hybridized carbons (Fsp3) is 0.900. The first-order chi connectivity index (χ1) is 6.61. The zero-order valence-corrected chi connectivity index (χ0v) is 10.5. The van der Waals surface area contributed by atoms with Crippen LogP contribution in [0.15, 0.2) is 0 Å². The third-order valence-electron chi connectivity index (χ3n) is 2.79. The molecule has 1 heterocycles. The predicted octanol–water partition coefficient (Wildman–Crippen LogP) is 1.37. The van der Waals surface area contributed by atoms with Crippen LogP contribution in [-0.2, 0) is 4.79 Å². The quantitative estimate of drug-likeness (QED) is 0.780. The average molecular weight is 263 g/mol. The van der Waals surface area contributed by atoms with E-state index < -0.39 is 0 Å². The van der Waals surface area contributed by atoms with Crippen molar-refractivity contribution >= 4 is 21.8 Å². The molecule has 4 heteroatoms. The first-order valence-electron chi connectivity index (χ1n) is 5.23. The first-order valence-corrected chi connectivity index (χ1v) is 6.15. The number of amides is 1. The Balaban J connectivity index is 2.26. The molecular formula is C10H19BrN2O. The summed E-state index contributed by atoms with van der Waals surface area (Å²) in [5.74, 6) is 0.0870. The van der Waals surface area contributed by atoms with Crippen LogP contribution in [0.4, 0.5) is 0 Å². The summed E-state index contributed by atoms with van der Waals surface area (Å²) in [5.41, 5.74) is 0. The molecule has 3 nitrogen and oxygen atoms in total. The second kappa shape index (κ2) is 5.71. The maximum atomic E-state index is 11.3. The van der Waals surface area contributed by atoms with Crippen LogP contribution in [-0.4, -0.2) is 41.8 Å². The minimum absolute atomic E-state index is 0.0867. The third kappa shape index (κ3) is 3.58. The minimum Gasteiger partial charge on any atom is -0.354 e. The van der Waals surface area contributed by atoms with Gasteiger partial charge in [-0.15, -0.1) is 0 Å². The van der Waals surface area contributed by atoms with E-state index in [2.05, 4.69) is 33.2 Å². The zero-order chi connectivity index (χ0) is 10.6. The maximum Gasteiger partial charge on any atom is 0.233 e. The fourth-order valence-electron chi connectivity index (χ4n) is 1.76. The van der Waals surface area contributed by atoms with E-state index in [-0.39, 0.29) is 10.7 Å². The van der Waals surface area contributed by atoms with Crippen molar-refractivity contribution in [2.24, 2.45) is 0 Å². The minimum atomic E-state index is -0.0867. The molecule has 0 radical (unpaired) electrons. The predicted molar refractivity (Wildman–Crippen MR) is 61.7 cm³/mol. The van der Waals surface area contributed by atoms with Crippen LogP contribution in [0.5, 0.6) is 0 Å². The lowest BCUT2D eigenvalue weighted by Crippen LogP contribution is -2.45. The summed E-state index contributed by atoms with van der Waals surface area (Å²) in [6, 6.07) is 0.527. The van der Waals surface area contributed by atoms with Gasteiger partial charge in [0.1, 0.15) is 0 Å². The maximum absolute atomic E-state index is 11.3. The monoisotopic (exact) mass is 262 g/mol. The molecule has 1 aliphatic heterocycles. The first kappa shape index (κ1) is 12.0. The fourth-order valence-corrected chi connectivity index (χ4v) is 1.92. The summed E-state index contributed by atoms with van der Waals surface area (Å²) in [6.45, 7) is 3.79. The van der Waals surface area contributed by atoms with E-state index in [1.54, 1.807) is 0 Å². The van der Waals surface area contributed by atoms with Gasteiger partial charge in [0.25, 0.3) is 0 Å². The zero-order valence-electron chi connectivity index (χ0n) is 8.92. The van der Waals surface area contributed by atoms with Crippen molar-refractivity contribution in [1.82, 2.24) is 10.2 Å². The van der Waals surface area contributed by atoms with Crippen LogP contribution < -0.4 is 5.32 Å². The van der Waals surface area contributed by atoms with Gasteiger partial charge in [-0.05, 0) is 33.4 Å². The van der Waals surface area contributed by atoms with E-state index in [1.807, 2.05) is 6.92 Å². The lowest BCUT2D eigenvalue weighted by Gasteiger charge is -2.32. The van der Waals surface area contributed by atoms with E-state index in [4.69, 9.17) is 0 Å². The number of rotatable bonds is 3. The number of carbonyl (C=O) groups excluding carboxylic acids is 1. The normalized spacial score (nSPS) is 25.8. The molecule has 0 aromatic carbocycles. The molecule has 0 bridgehead atoms. The number of carbonyl (C=O) groups is 1. The van der Waals surface area contributed by atoms with E-state index in [9.17, 15) is 4.79 Å². The summed E-state index contributed by atoms with van der Waals surface area (Å²) in [6.07, 6.45) is 3.78. The molecule has 1 fully saturated rings. The molecular weight excluding hydrogens is 244 g/mol. The second-order valence-corrected chi connectivity index (χ2v) is 5.36. The van der Waals surface area contributed by atoms with Gasteiger partial charge in [0.05, 0.1) is 4.83 Å². The highest BCUT2D eigenvalue weighted by molar-refractivity contribution is 9.10. The topological polar surface area (TPSA) is 32.3 Å². The number of piperidine rings is 1. The van der Waals surface area contributed by atoms with Crippen molar-refractivity contribution in [3.63, 3.8) is 0 Å². The molecule has 0 spiro atoms. The van der Waals surface area contributed by atoms with Gasteiger partial charge in [-0.3, -0.25) is 4.79 Å². The molecule has 2 atom stereocenters. The molecule has 0 aromatic rings. The van der Waals surface area contributed by atoms with Gasteiger partial charge in [0.2, 0.25) is 5.91 Å². The Morgan fingerprint density at radius 3 is 2.93 bits per heavy atom. The Morgan fingerprint density at radius 2 is 2.36 bits per heavy atom. The smallest absolute Gasteiger partial charge is 0.233 e. The standard InChI is InChI=1S/C10H19BrN2O/c1-8(11)10(14)12-7-9-5-3-4-6-13(9)2/h8-9H,3-7H2,1-2H3,(H,12,14). The Labute approximate surface area is 94.4 Å². The van der Waals surface area contributed by atoms with Crippen LogP contribution in [0.1, 0.15) is 26.2 Å². The van der Waals surface area contributed by atoms with Gasteiger partial charge < -0.3 is 10.2 Å². The highest BCUT2D eigenvalue weighted by Crippen LogP contribution is 2.14. The lowest BCUT2D eigenvalue weighted by molar-refractivity contribution is -0.120. The van der Waals surface area contributed by atoms with E-state index in [0.29, 0.717) is 6.04 Å². The van der Waals surface area contributed by atoms with E-state index >= 15 is 0 Å². The number of halogens is 1. The SMILES string of the molecule is CC(Br)C(=O)NCC1CCCCN1C. The molecule has 1 N–H and O–H groups in total. The number of alkyl halides is 1. The molecule has 0 saturated carbocycles. The summed E-state index contributed by atoms with van der Waals surface area (Å²) < 4.78 is 0. The summed E-state index contributed by atoms with van der Waals surface area (Å²) >= 11 is 3.25. The van der Waals surface area contributed by atoms with Crippen LogP contribution in [0.3, 0.4) is 0 Å². The summed E-state index contributed by atoms with van der Waals surface area (Å²) in [4.78, 5) is 13.6. The second-order valence-electron chi connectivity index (χ2n) is 3.99. The molecule has 1 amide bonds. The Morgan fingerprint density at radius 1 is 1.64 bits per heavy atom. The Hall–Kier alpha value is -0.0900. The van der Waals surface area contributed by atoms with Crippen LogP contribution >= 0.6 is 15.9 Å². The number of hydrogen-bond donors (Lipinski definition) is 1. The Bertz CT molecular complexity index is 197. The van der Waals surface area contributed by atoms with Crippen molar-refractivity contribution in [3.05, 3.63) is 0 Å². The molecule has 1 saturated heterocycles. The van der Waals surface area contributed by atoms with Crippen LogP contribution in [0.25, 0.3) is 0 Å². The van der Waals surface area contributed by atoms with E-state index in [1.165, 1.54) is 19.3 Å². The number of nitrogens with zero attached hydrogens (tertiary/aromatic N) is 1. The molecule has 14 heavy (non-hydrogen) atoms. The average Bonchev–Trinajstić information content (AvgIpc) is 2.16. The van der Waals surface area contributed by atoms with Gasteiger partial charge in [-0.25, -0.2) is 0 Å². The molecule has 0 aliphatic carbocycles. The van der Waals surface area contributed by atoms with Crippen molar-refractivity contribution in [2.75, 3.05) is 20.1 Å². The molecule has 1 rings (SSSR count). The van der Waals surface area contributed by atoms with Gasteiger partial charge in [0, 0.05) is 12.6 Å². The lowest BCUT2D eigenvalue weighted by atomic mass is 10.0. The van der Waals surface area contributed by atoms with Crippen molar-refractivity contribution < 1.29 is 4.79 Å². The third-order valence-corrected chi connectivity index (χ3v) is 3.21. The van der Waals surface area contributed by atoms with Gasteiger partial charge in [-0.1, -0.05) is 22.4 Å². The molecule has 1 aliphatic rings. The van der Waals surface area contributed by atoms with Crippen LogP contribution in [0.2, 0.25) is 0 Å². The number of hydrogen-bond acceptors (Lipinski definition) is 2. The van der Waals surface area contributed by atoms with Gasteiger partial charge in [0.15, 0.2) is 0 Å². The number of nitrogens with one attached hydrogen (secondary N) is 1. The van der Waals surface area contributed by atoms with E-state index in [0.717, 1.165) is 13.1 Å². The highest BCUT2D eigenvalue weighted by atomic mass is 79.9. The summed E-state index contributed by atoms with van der Waals surface area (Å²) in [7, 11) is 2.13. The number of likely N-dealkylation sites (N-methyl/N-ethyl adjacent to an activating group) is 1. The molecule has 82 valence electrons. The van der Waals surface area contributed by atoms with Crippen LogP contribution in [0, 0.1) is 0 Å². The largest absolute Gasteiger partial charge is 0.354 e. The summed E-state index contributed by atoms with van der Waals surface area (Å²) in [5, 5.41) is 2.95. The van der Waals surface area contributed by atoms with Gasteiger partial charge >= 0.3 is 0 Å². The van der Waals surface area contributed by atoms with Crippen molar-refractivity contribution in [1.29, 1.82) is 0 Å². The van der Waals surface area contributed by atoms with Crippen molar-refractivity contribution in [3.8, 4) is 0 Å². The van der Waals surface area contributed by atoms with Crippen molar-refractivity contribution in [2.45, 2.75) is 37.1 Å². The Kier molecular flexibility index (Phi) is 4.89. The number of likely N-dealkylation sites (tertiary alicyclic amines) is 1. The molecule has 0 aromatic heterocycles. The van der Waals surface area contributed by atoms with Gasteiger partial charge in [-0.2, -0.15) is 0 Å². The molecule has 2 unspecified atom stereocenters. The highest BCUT2D eigenvalue weighted by Gasteiger charge is 2.19.